The highest BCUT2D eigenvalue weighted by atomic mass is 19.1. The number of halogens is 2. The molecule has 0 radical (unpaired) electrons. The lowest BCUT2D eigenvalue weighted by molar-refractivity contribution is 0.572. The van der Waals surface area contributed by atoms with E-state index in [9.17, 15) is 18.4 Å². The SMILES string of the molecule is O=c1[nH]cc(-c2cc(C3C[C@H]3c3ccc(F)cc3F)c3nccn3n2)c(=O)[nH]1. The second-order valence-corrected chi connectivity index (χ2v) is 6.78. The van der Waals surface area contributed by atoms with Gasteiger partial charge >= 0.3 is 5.69 Å². The Hall–Kier alpha value is -3.62. The van der Waals surface area contributed by atoms with E-state index in [2.05, 4.69) is 20.1 Å². The van der Waals surface area contributed by atoms with Crippen LogP contribution < -0.4 is 11.2 Å². The molecule has 1 fully saturated rings. The smallest absolute Gasteiger partial charge is 0.313 e. The van der Waals surface area contributed by atoms with Crippen molar-refractivity contribution in [1.29, 1.82) is 0 Å². The topological polar surface area (TPSA) is 95.9 Å². The van der Waals surface area contributed by atoms with E-state index >= 15 is 0 Å². The van der Waals surface area contributed by atoms with Gasteiger partial charge in [0.1, 0.15) is 11.6 Å². The molecule has 0 bridgehead atoms. The molecule has 5 rings (SSSR count). The van der Waals surface area contributed by atoms with E-state index in [1.54, 1.807) is 23.0 Å². The van der Waals surface area contributed by atoms with E-state index in [0.717, 1.165) is 11.6 Å². The van der Waals surface area contributed by atoms with Crippen molar-refractivity contribution in [1.82, 2.24) is 24.6 Å². The summed E-state index contributed by atoms with van der Waals surface area (Å²) >= 11 is 0. The molecule has 2 atom stereocenters. The fraction of sp³-hybridized carbons (Fsp3) is 0.158. The number of aromatic amines is 2. The molecule has 1 aromatic carbocycles. The van der Waals surface area contributed by atoms with Crippen LogP contribution in [0.4, 0.5) is 8.78 Å². The predicted octanol–water partition coefficient (Wildman–Crippen LogP) is 2.32. The maximum absolute atomic E-state index is 14.2. The van der Waals surface area contributed by atoms with Gasteiger partial charge in [0, 0.05) is 30.2 Å². The third-order valence-electron chi connectivity index (χ3n) is 5.03. The zero-order chi connectivity index (χ0) is 19.4. The van der Waals surface area contributed by atoms with E-state index in [1.807, 2.05) is 0 Å². The second-order valence-electron chi connectivity index (χ2n) is 6.78. The van der Waals surface area contributed by atoms with Crippen molar-refractivity contribution >= 4 is 5.65 Å². The summed E-state index contributed by atoms with van der Waals surface area (Å²) in [5, 5.41) is 4.38. The Bertz CT molecular complexity index is 1340. The van der Waals surface area contributed by atoms with Crippen LogP contribution in [0, 0.1) is 11.6 Å². The molecule has 0 amide bonds. The lowest BCUT2D eigenvalue weighted by Crippen LogP contribution is -2.23. The minimum absolute atomic E-state index is 0.0338. The molecule has 3 heterocycles. The molecule has 0 spiro atoms. The van der Waals surface area contributed by atoms with Gasteiger partial charge in [-0.1, -0.05) is 6.07 Å². The van der Waals surface area contributed by atoms with E-state index in [4.69, 9.17) is 0 Å². The number of rotatable bonds is 3. The molecule has 28 heavy (non-hydrogen) atoms. The summed E-state index contributed by atoms with van der Waals surface area (Å²) in [6, 6.07) is 5.33. The fourth-order valence-corrected chi connectivity index (χ4v) is 3.63. The summed E-state index contributed by atoms with van der Waals surface area (Å²) in [4.78, 5) is 32.3. The van der Waals surface area contributed by atoms with Crippen molar-refractivity contribution in [3.63, 3.8) is 0 Å². The van der Waals surface area contributed by atoms with Crippen molar-refractivity contribution in [3.05, 3.63) is 86.5 Å². The van der Waals surface area contributed by atoms with Gasteiger partial charge in [-0.15, -0.1) is 0 Å². The standard InChI is InChI=1S/C19H13F2N5O2/c20-9-1-2-10(15(21)5-9)11-6-12(11)13-7-16(25-26-4-3-22-17(13)26)14-8-23-19(28)24-18(14)27/h1-5,7-8,11-12H,6H2,(H2,23,24,27,28)/t11-,12?/m0/s1. The summed E-state index contributed by atoms with van der Waals surface area (Å²) in [5.41, 5.74) is 1.29. The number of nitrogens with one attached hydrogen (secondary N) is 2. The molecular weight excluding hydrogens is 368 g/mol. The molecule has 1 unspecified atom stereocenters. The molecule has 4 aromatic rings. The minimum atomic E-state index is -0.613. The number of benzene rings is 1. The Kier molecular flexibility index (Phi) is 3.51. The quantitative estimate of drug-likeness (QED) is 0.569. The highest BCUT2D eigenvalue weighted by Crippen LogP contribution is 2.56. The van der Waals surface area contributed by atoms with Crippen LogP contribution in [0.3, 0.4) is 0 Å². The Morgan fingerprint density at radius 3 is 2.71 bits per heavy atom. The fourth-order valence-electron chi connectivity index (χ4n) is 3.63. The Morgan fingerprint density at radius 2 is 1.93 bits per heavy atom. The average Bonchev–Trinajstić information content (AvgIpc) is 3.28. The second kappa shape index (κ2) is 5.95. The van der Waals surface area contributed by atoms with Gasteiger partial charge in [0.05, 0.1) is 11.3 Å². The van der Waals surface area contributed by atoms with Gasteiger partial charge in [-0.25, -0.2) is 23.1 Å². The van der Waals surface area contributed by atoms with Crippen LogP contribution in [-0.2, 0) is 0 Å². The molecule has 0 saturated heterocycles. The van der Waals surface area contributed by atoms with Gasteiger partial charge in [0.2, 0.25) is 0 Å². The minimum Gasteiger partial charge on any atom is -0.313 e. The number of hydrogen-bond acceptors (Lipinski definition) is 4. The first-order valence-electron chi connectivity index (χ1n) is 8.63. The Morgan fingerprint density at radius 1 is 1.11 bits per heavy atom. The highest BCUT2D eigenvalue weighted by Gasteiger charge is 2.42. The lowest BCUT2D eigenvalue weighted by Gasteiger charge is -2.08. The monoisotopic (exact) mass is 381 g/mol. The first-order chi connectivity index (χ1) is 13.5. The van der Waals surface area contributed by atoms with Crippen LogP contribution in [0.25, 0.3) is 16.9 Å². The number of fused-ring (bicyclic) bond motifs is 1. The molecule has 7 nitrogen and oxygen atoms in total. The predicted molar refractivity (Wildman–Crippen MR) is 96.1 cm³/mol. The van der Waals surface area contributed by atoms with Crippen molar-refractivity contribution < 1.29 is 8.78 Å². The molecule has 0 aliphatic heterocycles. The van der Waals surface area contributed by atoms with Crippen LogP contribution in [0.2, 0.25) is 0 Å². The first kappa shape index (κ1) is 16.5. The van der Waals surface area contributed by atoms with E-state index in [1.165, 1.54) is 18.3 Å². The number of nitrogens with zero attached hydrogens (tertiary/aromatic N) is 3. The maximum atomic E-state index is 14.2. The van der Waals surface area contributed by atoms with E-state index in [-0.39, 0.29) is 17.4 Å². The van der Waals surface area contributed by atoms with Gasteiger partial charge < -0.3 is 4.98 Å². The van der Waals surface area contributed by atoms with Crippen LogP contribution in [0.1, 0.15) is 29.4 Å². The summed E-state index contributed by atoms with van der Waals surface area (Å²) in [6.07, 6.45) is 5.22. The van der Waals surface area contributed by atoms with Crippen molar-refractivity contribution in [2.45, 2.75) is 18.3 Å². The Balaban J connectivity index is 1.61. The molecular formula is C19H13F2N5O2. The summed E-state index contributed by atoms with van der Waals surface area (Å²) < 4.78 is 28.9. The average molecular weight is 381 g/mol. The summed E-state index contributed by atoms with van der Waals surface area (Å²) in [7, 11) is 0. The zero-order valence-corrected chi connectivity index (χ0v) is 14.3. The van der Waals surface area contributed by atoms with Crippen molar-refractivity contribution in [3.8, 4) is 11.3 Å². The molecule has 3 aromatic heterocycles. The third-order valence-corrected chi connectivity index (χ3v) is 5.03. The molecule has 1 saturated carbocycles. The third kappa shape index (κ3) is 2.63. The lowest BCUT2D eigenvalue weighted by atomic mass is 10.0. The molecule has 1 aliphatic rings. The summed E-state index contributed by atoms with van der Waals surface area (Å²) in [6.45, 7) is 0. The Labute approximate surface area is 155 Å². The van der Waals surface area contributed by atoms with Crippen molar-refractivity contribution in [2.24, 2.45) is 0 Å². The van der Waals surface area contributed by atoms with Gasteiger partial charge in [-0.2, -0.15) is 5.10 Å². The molecule has 2 N–H and O–H groups in total. The van der Waals surface area contributed by atoms with E-state index in [0.29, 0.717) is 23.3 Å². The van der Waals surface area contributed by atoms with Crippen LogP contribution >= 0.6 is 0 Å². The number of hydrogen-bond donors (Lipinski definition) is 2. The maximum Gasteiger partial charge on any atom is 0.325 e. The zero-order valence-electron chi connectivity index (χ0n) is 14.3. The molecule has 140 valence electrons. The van der Waals surface area contributed by atoms with Crippen LogP contribution in [0.15, 0.2) is 52.4 Å². The normalized spacial score (nSPS) is 18.5. The summed E-state index contributed by atoms with van der Waals surface area (Å²) in [5.74, 6) is -1.32. The van der Waals surface area contributed by atoms with Gasteiger partial charge in [-0.3, -0.25) is 9.78 Å². The van der Waals surface area contributed by atoms with E-state index < -0.39 is 22.9 Å². The van der Waals surface area contributed by atoms with Gasteiger partial charge in [-0.05, 0) is 36.0 Å². The number of H-pyrrole nitrogens is 2. The highest BCUT2D eigenvalue weighted by molar-refractivity contribution is 5.63. The van der Waals surface area contributed by atoms with Crippen LogP contribution in [-0.4, -0.2) is 24.6 Å². The van der Waals surface area contributed by atoms with Gasteiger partial charge in [0.25, 0.3) is 5.56 Å². The largest absolute Gasteiger partial charge is 0.325 e. The molecule has 1 aliphatic carbocycles. The van der Waals surface area contributed by atoms with Crippen LogP contribution in [0.5, 0.6) is 0 Å². The van der Waals surface area contributed by atoms with Gasteiger partial charge in [0.15, 0.2) is 5.65 Å². The number of aromatic nitrogens is 5. The molecule has 9 heteroatoms. The number of imidazole rings is 1. The van der Waals surface area contributed by atoms with Crippen molar-refractivity contribution in [2.75, 3.05) is 0 Å². The first-order valence-corrected chi connectivity index (χ1v) is 8.63.